The van der Waals surface area contributed by atoms with E-state index in [-0.39, 0.29) is 0 Å². The van der Waals surface area contributed by atoms with Crippen molar-refractivity contribution in [2.75, 3.05) is 0 Å². The largest absolute Gasteiger partial charge is 0.430 e. The lowest BCUT2D eigenvalue weighted by molar-refractivity contribution is -0.428. The molecule has 0 spiro atoms. The molecule has 330 valence electrons. The van der Waals surface area contributed by atoms with Crippen LogP contribution >= 0.6 is 0 Å². The summed E-state index contributed by atoms with van der Waals surface area (Å²) in [5.74, 6) is -17.0. The van der Waals surface area contributed by atoms with Gasteiger partial charge in [0, 0.05) is 17.8 Å². The standard InChI is InChI=1S/C13H12F12O3.C13H10F12O3/c2*14-10(15,16)8(27,11(17,18)19)6-3-1-4(5(26)2-3)7(6)9(28,12(20,21)22)13(23,24)25/h3-7,26-28H,1-2H2;3-5,26-28H,1-2H2. The van der Waals surface area contributed by atoms with Gasteiger partial charge >= 0.3 is 49.4 Å². The van der Waals surface area contributed by atoms with Crippen LogP contribution in [0.5, 0.6) is 0 Å². The van der Waals surface area contributed by atoms with Crippen molar-refractivity contribution in [3.63, 3.8) is 0 Å². The van der Waals surface area contributed by atoms with Crippen LogP contribution in [0.25, 0.3) is 0 Å². The highest BCUT2D eigenvalue weighted by Crippen LogP contribution is 2.69. The summed E-state index contributed by atoms with van der Waals surface area (Å²) in [5.41, 5.74) is -29.7. The van der Waals surface area contributed by atoms with E-state index in [0.29, 0.717) is 0 Å². The molecule has 56 heavy (non-hydrogen) atoms. The second-order valence-corrected chi connectivity index (χ2v) is 13.6. The molecule has 4 rings (SSSR count). The van der Waals surface area contributed by atoms with E-state index in [2.05, 4.69) is 0 Å². The van der Waals surface area contributed by atoms with Gasteiger partial charge in [0.15, 0.2) is 0 Å². The first-order valence-electron chi connectivity index (χ1n) is 14.8. The van der Waals surface area contributed by atoms with Gasteiger partial charge in [-0.3, -0.25) is 0 Å². The van der Waals surface area contributed by atoms with Gasteiger partial charge in [-0.25, -0.2) is 0 Å². The van der Waals surface area contributed by atoms with E-state index in [1.165, 1.54) is 0 Å². The Balaban J connectivity index is 0.000000300. The molecule has 8 unspecified atom stereocenters. The van der Waals surface area contributed by atoms with Crippen molar-refractivity contribution in [3.05, 3.63) is 11.1 Å². The van der Waals surface area contributed by atoms with E-state index in [9.17, 15) is 136 Å². The molecule has 6 N–H and O–H groups in total. The number of aliphatic hydroxyl groups is 6. The van der Waals surface area contributed by atoms with Crippen molar-refractivity contribution in [1.29, 1.82) is 0 Å². The first-order chi connectivity index (χ1) is 24.2. The summed E-state index contributed by atoms with van der Waals surface area (Å²) in [6, 6.07) is 0. The maximum atomic E-state index is 13.2. The van der Waals surface area contributed by atoms with Gasteiger partial charge in [-0.2, -0.15) is 105 Å². The van der Waals surface area contributed by atoms with Crippen LogP contribution in [-0.2, 0) is 0 Å². The molecule has 0 radical (unpaired) electrons. The third-order valence-electron chi connectivity index (χ3n) is 10.7. The summed E-state index contributed by atoms with van der Waals surface area (Å²) in [5, 5.41) is 56.9. The molecule has 0 aromatic carbocycles. The van der Waals surface area contributed by atoms with E-state index in [0.717, 1.165) is 0 Å². The maximum absolute atomic E-state index is 13.2. The number of hydrogen-bond acceptors (Lipinski definition) is 6. The van der Waals surface area contributed by atoms with Gasteiger partial charge in [-0.1, -0.05) is 0 Å². The van der Waals surface area contributed by atoms with Crippen LogP contribution in [0.2, 0.25) is 0 Å². The number of aliphatic hydroxyl groups excluding tert-OH is 2. The molecule has 0 aromatic rings. The number of fused-ring (bicyclic) bond motifs is 4. The zero-order chi connectivity index (χ0) is 44.6. The lowest BCUT2D eigenvalue weighted by atomic mass is 9.62. The highest BCUT2D eigenvalue weighted by Gasteiger charge is 2.86. The molecular formula is C26H22F24O6. The third-order valence-corrected chi connectivity index (χ3v) is 10.7. The second kappa shape index (κ2) is 13.2. The smallest absolute Gasteiger partial charge is 0.393 e. The van der Waals surface area contributed by atoms with E-state index >= 15 is 0 Å². The van der Waals surface area contributed by atoms with Crippen molar-refractivity contribution < 1.29 is 136 Å². The Morgan fingerprint density at radius 1 is 0.357 bits per heavy atom. The lowest BCUT2D eigenvalue weighted by Gasteiger charge is -2.50. The number of alkyl halides is 24. The summed E-state index contributed by atoms with van der Waals surface area (Å²) in [4.78, 5) is 0. The predicted molar refractivity (Wildman–Crippen MR) is 127 cm³/mol. The molecule has 3 saturated carbocycles. The van der Waals surface area contributed by atoms with Gasteiger partial charge in [0.1, 0.15) is 0 Å². The number of rotatable bonds is 4. The van der Waals surface area contributed by atoms with Gasteiger partial charge in [-0.15, -0.1) is 0 Å². The molecule has 4 bridgehead atoms. The van der Waals surface area contributed by atoms with Crippen molar-refractivity contribution in [3.8, 4) is 0 Å². The van der Waals surface area contributed by atoms with Gasteiger partial charge in [-0.05, 0) is 54.6 Å². The number of hydrogen-bond donors (Lipinski definition) is 6. The zero-order valence-electron chi connectivity index (χ0n) is 26.2. The van der Waals surface area contributed by atoms with Gasteiger partial charge in [0.05, 0.1) is 12.2 Å². The molecular weight excluding hydrogens is 864 g/mol. The molecule has 4 aliphatic carbocycles. The Morgan fingerprint density at radius 3 is 1.00 bits per heavy atom. The Labute approximate surface area is 293 Å². The van der Waals surface area contributed by atoms with Gasteiger partial charge < -0.3 is 30.6 Å². The molecule has 8 atom stereocenters. The second-order valence-electron chi connectivity index (χ2n) is 13.6. The van der Waals surface area contributed by atoms with Crippen molar-refractivity contribution in [2.45, 2.75) is 110 Å². The summed E-state index contributed by atoms with van der Waals surface area (Å²) in [6.07, 6.45) is -62.6. The fraction of sp³-hybridized carbons (Fsp3) is 0.923. The third kappa shape index (κ3) is 6.65. The maximum Gasteiger partial charge on any atom is 0.430 e. The first kappa shape index (κ1) is 48.2. The summed E-state index contributed by atoms with van der Waals surface area (Å²) in [7, 11) is 0. The fourth-order valence-electron chi connectivity index (χ4n) is 8.44. The summed E-state index contributed by atoms with van der Waals surface area (Å²) < 4.78 is 315. The SMILES string of the molecule is OC1CC2CC1C(C(O)(C(F)(F)F)C(F)(F)F)=C2C(O)(C(F)(F)F)C(F)(F)F.OC1CC2CC1C(C(O)(C(F)(F)F)C(F)(F)F)C2C(O)(C(F)(F)F)C(F)(F)F. The molecule has 4 aliphatic rings. The predicted octanol–water partition coefficient (Wildman–Crippen LogP) is 6.73. The monoisotopic (exact) mass is 886 g/mol. The molecule has 0 amide bonds. The zero-order valence-corrected chi connectivity index (χ0v) is 26.2. The molecule has 30 heteroatoms. The van der Waals surface area contributed by atoms with Crippen LogP contribution in [0.4, 0.5) is 105 Å². The quantitative estimate of drug-likeness (QED) is 0.138. The minimum atomic E-state index is -6.80. The molecule has 6 nitrogen and oxygen atoms in total. The Hall–Kier alpha value is -2.18. The molecule has 0 heterocycles. The Bertz CT molecular complexity index is 1440. The van der Waals surface area contributed by atoms with Crippen molar-refractivity contribution >= 4 is 0 Å². The average Bonchev–Trinajstić information content (AvgIpc) is 3.69. The van der Waals surface area contributed by atoms with Crippen molar-refractivity contribution in [1.82, 2.24) is 0 Å². The van der Waals surface area contributed by atoms with Crippen LogP contribution < -0.4 is 0 Å². The van der Waals surface area contributed by atoms with E-state index in [4.69, 9.17) is 0 Å². The van der Waals surface area contributed by atoms with E-state index < -0.39 is 156 Å². The average molecular weight is 886 g/mol. The molecule has 0 saturated heterocycles. The molecule has 0 aliphatic heterocycles. The van der Waals surface area contributed by atoms with Crippen LogP contribution in [0.15, 0.2) is 11.1 Å². The van der Waals surface area contributed by atoms with Crippen molar-refractivity contribution in [2.24, 2.45) is 35.5 Å². The summed E-state index contributed by atoms with van der Waals surface area (Å²) >= 11 is 0. The minimum absolute atomic E-state index is 0.994. The lowest BCUT2D eigenvalue weighted by Crippen LogP contribution is -2.72. The number of halogens is 24. The topological polar surface area (TPSA) is 121 Å². The van der Waals surface area contributed by atoms with Crippen LogP contribution in [0, 0.1) is 35.5 Å². The Morgan fingerprint density at radius 2 is 0.679 bits per heavy atom. The van der Waals surface area contributed by atoms with Crippen LogP contribution in [0.1, 0.15) is 25.7 Å². The minimum Gasteiger partial charge on any atom is -0.393 e. The summed E-state index contributed by atoms with van der Waals surface area (Å²) in [6.45, 7) is 0. The van der Waals surface area contributed by atoms with Crippen LogP contribution in [0.3, 0.4) is 0 Å². The van der Waals surface area contributed by atoms with Gasteiger partial charge in [0.25, 0.3) is 22.4 Å². The highest BCUT2D eigenvalue weighted by molar-refractivity contribution is 5.46. The molecule has 0 aromatic heterocycles. The normalized spacial score (nSPS) is 30.3. The van der Waals surface area contributed by atoms with E-state index in [1.54, 1.807) is 0 Å². The molecule has 3 fully saturated rings. The van der Waals surface area contributed by atoms with Crippen LogP contribution in [-0.4, -0.2) is 115 Å². The van der Waals surface area contributed by atoms with Gasteiger partial charge in [0.2, 0.25) is 0 Å². The first-order valence-corrected chi connectivity index (χ1v) is 14.8. The fourth-order valence-corrected chi connectivity index (χ4v) is 8.44. The van der Waals surface area contributed by atoms with E-state index in [1.807, 2.05) is 0 Å². The highest BCUT2D eigenvalue weighted by atomic mass is 19.4. The Kier molecular flexibility index (Phi) is 11.3.